The zero-order valence-corrected chi connectivity index (χ0v) is 17.4. The SMILES string of the molecule is c1cc(Oc2nnnn2[C@@H]2CO[C@@H]3[C@@H]2OC[C@@H]3NCC2CC2)cc(N2CCOCC2)c1. The minimum Gasteiger partial charge on any atom is -0.423 e. The van der Waals surface area contributed by atoms with Gasteiger partial charge in [0, 0.05) is 24.8 Å². The molecule has 1 saturated carbocycles. The van der Waals surface area contributed by atoms with Crippen molar-refractivity contribution in [3.05, 3.63) is 24.3 Å². The van der Waals surface area contributed by atoms with Crippen LogP contribution in [0.3, 0.4) is 0 Å². The van der Waals surface area contributed by atoms with Gasteiger partial charge in [-0.1, -0.05) is 11.2 Å². The highest BCUT2D eigenvalue weighted by Gasteiger charge is 2.49. The highest BCUT2D eigenvalue weighted by Crippen LogP contribution is 2.37. The van der Waals surface area contributed by atoms with Gasteiger partial charge < -0.3 is 29.2 Å². The number of morpholine rings is 1. The Labute approximate surface area is 180 Å². The van der Waals surface area contributed by atoms with E-state index in [1.165, 1.54) is 12.8 Å². The maximum absolute atomic E-state index is 6.10. The Morgan fingerprint density at radius 3 is 2.84 bits per heavy atom. The highest BCUT2D eigenvalue weighted by molar-refractivity contribution is 5.51. The van der Waals surface area contributed by atoms with E-state index in [4.69, 9.17) is 18.9 Å². The number of hydrogen-bond acceptors (Lipinski definition) is 9. The first-order valence-electron chi connectivity index (χ1n) is 11.2. The van der Waals surface area contributed by atoms with Crippen LogP contribution in [-0.2, 0) is 14.2 Å². The molecule has 0 radical (unpaired) electrons. The third-order valence-electron chi connectivity index (χ3n) is 6.57. The van der Waals surface area contributed by atoms with Gasteiger partial charge in [0.1, 0.15) is 24.0 Å². The largest absolute Gasteiger partial charge is 0.423 e. The molecule has 1 N–H and O–H groups in total. The standard InChI is InChI=1S/C21H28N6O4/c1-2-15(26-6-8-28-9-7-26)10-16(3-1)31-21-23-24-25-27(21)18-13-30-19-17(12-29-20(18)19)22-11-14-4-5-14/h1-3,10,14,17-20,22H,4-9,11-13H2/t17-,18+,19-,20+/m0/s1. The van der Waals surface area contributed by atoms with Crippen molar-refractivity contribution in [1.82, 2.24) is 25.5 Å². The molecule has 10 heteroatoms. The lowest BCUT2D eigenvalue weighted by molar-refractivity contribution is 0.0611. The third kappa shape index (κ3) is 4.00. The van der Waals surface area contributed by atoms with Crippen molar-refractivity contribution < 1.29 is 18.9 Å². The lowest BCUT2D eigenvalue weighted by atomic mass is 10.1. The molecule has 2 aromatic rings. The van der Waals surface area contributed by atoms with Crippen LogP contribution >= 0.6 is 0 Å². The smallest absolute Gasteiger partial charge is 0.341 e. The minimum absolute atomic E-state index is 0.0189. The quantitative estimate of drug-likeness (QED) is 0.693. The predicted molar refractivity (Wildman–Crippen MR) is 110 cm³/mol. The molecule has 1 aliphatic carbocycles. The summed E-state index contributed by atoms with van der Waals surface area (Å²) in [5, 5.41) is 15.8. The molecule has 1 aromatic carbocycles. The van der Waals surface area contributed by atoms with Crippen LogP contribution in [0.5, 0.6) is 11.8 Å². The van der Waals surface area contributed by atoms with Crippen LogP contribution in [0.4, 0.5) is 5.69 Å². The molecule has 0 unspecified atom stereocenters. The fraction of sp³-hybridized carbons (Fsp3) is 0.667. The second kappa shape index (κ2) is 8.34. The molecule has 10 nitrogen and oxygen atoms in total. The van der Waals surface area contributed by atoms with Crippen LogP contribution in [0.1, 0.15) is 18.9 Å². The minimum atomic E-state index is -0.106. The summed E-state index contributed by atoms with van der Waals surface area (Å²) in [5.41, 5.74) is 1.10. The van der Waals surface area contributed by atoms with E-state index in [1.807, 2.05) is 18.2 Å². The van der Waals surface area contributed by atoms with E-state index in [2.05, 4.69) is 31.8 Å². The van der Waals surface area contributed by atoms with E-state index < -0.39 is 0 Å². The number of fused-ring (bicyclic) bond motifs is 1. The van der Waals surface area contributed by atoms with Crippen LogP contribution in [0.25, 0.3) is 0 Å². The normalized spacial score (nSPS) is 30.5. The Hall–Kier alpha value is -2.27. The van der Waals surface area contributed by atoms with Gasteiger partial charge in [0.15, 0.2) is 0 Å². The van der Waals surface area contributed by atoms with Crippen LogP contribution in [0, 0.1) is 5.92 Å². The van der Waals surface area contributed by atoms with E-state index in [0.717, 1.165) is 44.5 Å². The van der Waals surface area contributed by atoms with Crippen LogP contribution in [0.2, 0.25) is 0 Å². The number of anilines is 1. The first-order valence-corrected chi connectivity index (χ1v) is 11.2. The Bertz CT molecular complexity index is 900. The van der Waals surface area contributed by atoms with Gasteiger partial charge in [0.2, 0.25) is 0 Å². The summed E-state index contributed by atoms with van der Waals surface area (Å²) in [7, 11) is 0. The number of rotatable bonds is 7. The number of hydrogen-bond donors (Lipinski definition) is 1. The van der Waals surface area contributed by atoms with Crippen molar-refractivity contribution in [2.24, 2.45) is 5.92 Å². The summed E-state index contributed by atoms with van der Waals surface area (Å²) in [4.78, 5) is 2.29. The fourth-order valence-corrected chi connectivity index (χ4v) is 4.64. The number of ether oxygens (including phenoxy) is 4. The molecule has 4 fully saturated rings. The van der Waals surface area contributed by atoms with Crippen LogP contribution in [0.15, 0.2) is 24.3 Å². The Balaban J connectivity index is 1.15. The Morgan fingerprint density at radius 1 is 1.10 bits per heavy atom. The second-order valence-corrected chi connectivity index (χ2v) is 8.73. The van der Waals surface area contributed by atoms with Gasteiger partial charge in [-0.05, 0) is 47.9 Å². The van der Waals surface area contributed by atoms with Gasteiger partial charge in [-0.2, -0.15) is 4.68 Å². The molecule has 4 atom stereocenters. The van der Waals surface area contributed by atoms with Crippen molar-refractivity contribution in [3.8, 4) is 11.8 Å². The van der Waals surface area contributed by atoms with E-state index in [0.29, 0.717) is 25.0 Å². The van der Waals surface area contributed by atoms with Gasteiger partial charge in [-0.15, -0.1) is 0 Å². The first-order chi connectivity index (χ1) is 15.3. The van der Waals surface area contributed by atoms with E-state index in [1.54, 1.807) is 4.68 Å². The summed E-state index contributed by atoms with van der Waals surface area (Å²) in [5.74, 6) is 1.52. The molecule has 0 bridgehead atoms. The van der Waals surface area contributed by atoms with Crippen molar-refractivity contribution >= 4 is 5.69 Å². The Kier molecular flexibility index (Phi) is 5.23. The molecule has 3 aliphatic heterocycles. The summed E-state index contributed by atoms with van der Waals surface area (Å²) in [6, 6.07) is 8.47. The molecule has 4 heterocycles. The van der Waals surface area contributed by atoms with Crippen LogP contribution in [-0.4, -0.2) is 84.5 Å². The van der Waals surface area contributed by atoms with Crippen LogP contribution < -0.4 is 15.0 Å². The lowest BCUT2D eigenvalue weighted by Crippen LogP contribution is -2.41. The topological polar surface area (TPSA) is 95.8 Å². The van der Waals surface area contributed by atoms with Crippen molar-refractivity contribution in [2.45, 2.75) is 37.1 Å². The van der Waals surface area contributed by atoms with Gasteiger partial charge in [-0.3, -0.25) is 0 Å². The average molecular weight is 428 g/mol. The molecular formula is C21H28N6O4. The molecule has 0 spiro atoms. The maximum atomic E-state index is 6.10. The zero-order valence-electron chi connectivity index (χ0n) is 17.4. The van der Waals surface area contributed by atoms with E-state index in [9.17, 15) is 0 Å². The lowest BCUT2D eigenvalue weighted by Gasteiger charge is -2.29. The molecule has 4 aliphatic rings. The number of nitrogens with zero attached hydrogens (tertiary/aromatic N) is 5. The summed E-state index contributed by atoms with van der Waals surface area (Å²) in [6.07, 6.45) is 2.60. The van der Waals surface area contributed by atoms with Crippen molar-refractivity contribution in [2.75, 3.05) is 51.0 Å². The zero-order chi connectivity index (χ0) is 20.6. The van der Waals surface area contributed by atoms with Crippen molar-refractivity contribution in [1.29, 1.82) is 0 Å². The summed E-state index contributed by atoms with van der Waals surface area (Å²) < 4.78 is 25.5. The molecule has 3 saturated heterocycles. The molecular weight excluding hydrogens is 400 g/mol. The third-order valence-corrected chi connectivity index (χ3v) is 6.57. The molecule has 0 amide bonds. The number of aromatic nitrogens is 4. The first kappa shape index (κ1) is 19.4. The van der Waals surface area contributed by atoms with Gasteiger partial charge in [0.05, 0.1) is 32.5 Å². The highest BCUT2D eigenvalue weighted by atomic mass is 16.6. The van der Waals surface area contributed by atoms with Gasteiger partial charge in [-0.25, -0.2) is 0 Å². The molecule has 31 heavy (non-hydrogen) atoms. The monoisotopic (exact) mass is 428 g/mol. The molecule has 6 rings (SSSR count). The molecule has 1 aromatic heterocycles. The molecule has 166 valence electrons. The maximum Gasteiger partial charge on any atom is 0.341 e. The van der Waals surface area contributed by atoms with Crippen molar-refractivity contribution in [3.63, 3.8) is 0 Å². The number of tetrazole rings is 1. The summed E-state index contributed by atoms with van der Waals surface area (Å²) >= 11 is 0. The summed E-state index contributed by atoms with van der Waals surface area (Å²) in [6.45, 7) is 5.43. The fourth-order valence-electron chi connectivity index (χ4n) is 4.64. The number of benzene rings is 1. The van der Waals surface area contributed by atoms with Gasteiger partial charge >= 0.3 is 6.01 Å². The second-order valence-electron chi connectivity index (χ2n) is 8.73. The Morgan fingerprint density at radius 2 is 1.97 bits per heavy atom. The average Bonchev–Trinajstić information content (AvgIpc) is 3.18. The van der Waals surface area contributed by atoms with Gasteiger partial charge in [0.25, 0.3) is 0 Å². The van der Waals surface area contributed by atoms with E-state index >= 15 is 0 Å². The predicted octanol–water partition coefficient (Wildman–Crippen LogP) is 1.01. The number of nitrogens with one attached hydrogen (secondary N) is 1. The van der Waals surface area contributed by atoms with E-state index in [-0.39, 0.29) is 24.3 Å².